The molecule has 1 aliphatic heterocycles. The van der Waals surface area contributed by atoms with Gasteiger partial charge in [-0.1, -0.05) is 24.6 Å². The third-order valence-corrected chi connectivity index (χ3v) is 4.51. The molecule has 1 aromatic carbocycles. The van der Waals surface area contributed by atoms with Crippen LogP contribution in [0.2, 0.25) is 5.02 Å². The Labute approximate surface area is 97.6 Å². The lowest BCUT2D eigenvalue weighted by atomic mass is 9.99. The van der Waals surface area contributed by atoms with E-state index in [1.54, 1.807) is 17.8 Å². The maximum atomic E-state index is 13.6. The first-order valence-corrected chi connectivity index (χ1v) is 6.34. The summed E-state index contributed by atoms with van der Waals surface area (Å²) in [6.07, 6.45) is 0.311. The molecule has 0 spiro atoms. The fraction of sp³-hybridized carbons (Fsp3) is 0.455. The second-order valence-corrected chi connectivity index (χ2v) is 5.27. The zero-order chi connectivity index (χ0) is 11.0. The SMILES string of the molecule is CCC1SCc2c(ccc(Cl)c2F)C1O. The van der Waals surface area contributed by atoms with Crippen LogP contribution in [0.1, 0.15) is 30.6 Å². The minimum atomic E-state index is -0.574. The zero-order valence-corrected chi connectivity index (χ0v) is 9.91. The molecule has 0 aromatic heterocycles. The molecule has 1 heterocycles. The van der Waals surface area contributed by atoms with Gasteiger partial charge in [-0.3, -0.25) is 0 Å². The molecular weight excluding hydrogens is 235 g/mol. The van der Waals surface area contributed by atoms with Crippen LogP contribution < -0.4 is 0 Å². The molecule has 1 nitrogen and oxygen atoms in total. The van der Waals surface area contributed by atoms with E-state index in [-0.39, 0.29) is 16.1 Å². The number of thioether (sulfide) groups is 1. The predicted octanol–water partition coefficient (Wildman–Crippen LogP) is 3.54. The second kappa shape index (κ2) is 4.32. The summed E-state index contributed by atoms with van der Waals surface area (Å²) >= 11 is 7.29. The molecule has 1 N–H and O–H groups in total. The van der Waals surface area contributed by atoms with Gasteiger partial charge < -0.3 is 5.11 Å². The van der Waals surface area contributed by atoms with Crippen molar-refractivity contribution in [2.24, 2.45) is 0 Å². The Hall–Kier alpha value is -0.250. The first-order chi connectivity index (χ1) is 7.15. The number of fused-ring (bicyclic) bond motifs is 1. The van der Waals surface area contributed by atoms with Crippen molar-refractivity contribution >= 4 is 23.4 Å². The Morgan fingerprint density at radius 3 is 3.00 bits per heavy atom. The molecule has 0 saturated heterocycles. The summed E-state index contributed by atoms with van der Waals surface area (Å²) in [5.74, 6) is 0.215. The van der Waals surface area contributed by atoms with Crippen molar-refractivity contribution in [2.45, 2.75) is 30.5 Å². The molecule has 1 aromatic rings. The number of halogens is 2. The van der Waals surface area contributed by atoms with Gasteiger partial charge in [-0.2, -0.15) is 11.8 Å². The summed E-state index contributed by atoms with van der Waals surface area (Å²) in [6, 6.07) is 3.25. The van der Waals surface area contributed by atoms with Crippen LogP contribution in [0.5, 0.6) is 0 Å². The number of hydrogen-bond acceptors (Lipinski definition) is 2. The molecule has 0 fully saturated rings. The topological polar surface area (TPSA) is 20.2 Å². The van der Waals surface area contributed by atoms with E-state index >= 15 is 0 Å². The molecule has 82 valence electrons. The van der Waals surface area contributed by atoms with E-state index in [0.717, 1.165) is 6.42 Å². The molecule has 0 aliphatic carbocycles. The Balaban J connectivity index is 2.45. The van der Waals surface area contributed by atoms with E-state index in [1.807, 2.05) is 6.92 Å². The number of hydrogen-bond donors (Lipinski definition) is 1. The van der Waals surface area contributed by atoms with Gasteiger partial charge >= 0.3 is 0 Å². The summed E-state index contributed by atoms with van der Waals surface area (Å²) in [5, 5.41) is 10.3. The Morgan fingerprint density at radius 2 is 2.33 bits per heavy atom. The van der Waals surface area contributed by atoms with E-state index in [9.17, 15) is 9.50 Å². The highest BCUT2D eigenvalue weighted by atomic mass is 35.5. The molecular formula is C11H12ClFOS. The van der Waals surface area contributed by atoms with Gasteiger partial charge in [-0.05, 0) is 18.1 Å². The monoisotopic (exact) mass is 246 g/mol. The Morgan fingerprint density at radius 1 is 1.60 bits per heavy atom. The fourth-order valence-corrected chi connectivity index (χ4v) is 3.27. The van der Waals surface area contributed by atoms with Gasteiger partial charge in [-0.15, -0.1) is 0 Å². The van der Waals surface area contributed by atoms with E-state index < -0.39 is 6.10 Å². The quantitative estimate of drug-likeness (QED) is 0.818. The average Bonchev–Trinajstić information content (AvgIpc) is 2.24. The predicted molar refractivity (Wildman–Crippen MR) is 61.7 cm³/mol. The number of aliphatic hydroxyl groups is 1. The van der Waals surface area contributed by atoms with Crippen LogP contribution in [-0.4, -0.2) is 10.4 Å². The third-order valence-electron chi connectivity index (χ3n) is 2.75. The number of aliphatic hydroxyl groups excluding tert-OH is 1. The molecule has 2 rings (SSSR count). The molecule has 4 heteroatoms. The van der Waals surface area contributed by atoms with Gasteiger partial charge in [0, 0.05) is 16.6 Å². The first-order valence-electron chi connectivity index (χ1n) is 4.91. The van der Waals surface area contributed by atoms with E-state index in [0.29, 0.717) is 16.9 Å². The third kappa shape index (κ3) is 1.88. The minimum Gasteiger partial charge on any atom is -0.387 e. The summed E-state index contributed by atoms with van der Waals surface area (Å²) in [6.45, 7) is 2.03. The van der Waals surface area contributed by atoms with Gasteiger partial charge in [0.25, 0.3) is 0 Å². The van der Waals surface area contributed by atoms with Crippen LogP contribution in [0.15, 0.2) is 12.1 Å². The normalized spacial score (nSPS) is 25.1. The number of rotatable bonds is 1. The van der Waals surface area contributed by atoms with Crippen molar-refractivity contribution in [3.05, 3.63) is 34.1 Å². The molecule has 15 heavy (non-hydrogen) atoms. The Bertz CT molecular complexity index is 383. The zero-order valence-electron chi connectivity index (χ0n) is 8.34. The maximum absolute atomic E-state index is 13.6. The van der Waals surface area contributed by atoms with Crippen LogP contribution in [0, 0.1) is 5.82 Å². The van der Waals surface area contributed by atoms with Gasteiger partial charge in [0.15, 0.2) is 0 Å². The molecule has 1 aliphatic rings. The fourth-order valence-electron chi connectivity index (χ4n) is 1.85. The second-order valence-electron chi connectivity index (χ2n) is 3.63. The Kier molecular flexibility index (Phi) is 3.24. The van der Waals surface area contributed by atoms with Gasteiger partial charge in [-0.25, -0.2) is 4.39 Å². The van der Waals surface area contributed by atoms with E-state index in [4.69, 9.17) is 11.6 Å². The standard InChI is InChI=1S/C11H12ClFOS/c1-2-9-11(14)6-3-4-8(12)10(13)7(6)5-15-9/h3-4,9,11,14H,2,5H2,1H3. The largest absolute Gasteiger partial charge is 0.387 e. The summed E-state index contributed by atoms with van der Waals surface area (Å²) in [5.41, 5.74) is 1.26. The van der Waals surface area contributed by atoms with Crippen molar-refractivity contribution in [3.63, 3.8) is 0 Å². The molecule has 0 radical (unpaired) electrons. The lowest BCUT2D eigenvalue weighted by Crippen LogP contribution is -2.21. The van der Waals surface area contributed by atoms with Crippen LogP contribution >= 0.6 is 23.4 Å². The van der Waals surface area contributed by atoms with Gasteiger partial charge in [0.1, 0.15) is 5.82 Å². The summed E-state index contributed by atoms with van der Waals surface area (Å²) < 4.78 is 13.6. The van der Waals surface area contributed by atoms with Crippen molar-refractivity contribution in [3.8, 4) is 0 Å². The minimum absolute atomic E-state index is 0.136. The van der Waals surface area contributed by atoms with E-state index in [2.05, 4.69) is 0 Å². The average molecular weight is 247 g/mol. The van der Waals surface area contributed by atoms with Crippen molar-refractivity contribution in [1.82, 2.24) is 0 Å². The number of benzene rings is 1. The summed E-state index contributed by atoms with van der Waals surface area (Å²) in [7, 11) is 0. The molecule has 2 atom stereocenters. The highest BCUT2D eigenvalue weighted by Gasteiger charge is 2.29. The van der Waals surface area contributed by atoms with Crippen LogP contribution in [-0.2, 0) is 5.75 Å². The summed E-state index contributed by atoms with van der Waals surface area (Å²) in [4.78, 5) is 0. The first kappa shape index (κ1) is 11.2. The highest BCUT2D eigenvalue weighted by Crippen LogP contribution is 2.41. The van der Waals surface area contributed by atoms with Gasteiger partial charge in [0.2, 0.25) is 0 Å². The van der Waals surface area contributed by atoms with Crippen LogP contribution in [0.4, 0.5) is 4.39 Å². The van der Waals surface area contributed by atoms with E-state index in [1.165, 1.54) is 6.07 Å². The molecule has 0 saturated carbocycles. The van der Waals surface area contributed by atoms with Crippen molar-refractivity contribution in [2.75, 3.05) is 0 Å². The molecule has 0 amide bonds. The molecule has 0 bridgehead atoms. The maximum Gasteiger partial charge on any atom is 0.146 e. The lowest BCUT2D eigenvalue weighted by Gasteiger charge is -2.29. The lowest BCUT2D eigenvalue weighted by molar-refractivity contribution is 0.169. The van der Waals surface area contributed by atoms with Gasteiger partial charge in [0.05, 0.1) is 11.1 Å². The van der Waals surface area contributed by atoms with Crippen LogP contribution in [0.3, 0.4) is 0 Å². The molecule has 2 unspecified atom stereocenters. The van der Waals surface area contributed by atoms with Crippen molar-refractivity contribution < 1.29 is 9.50 Å². The smallest absolute Gasteiger partial charge is 0.146 e. The van der Waals surface area contributed by atoms with Crippen molar-refractivity contribution in [1.29, 1.82) is 0 Å². The highest BCUT2D eigenvalue weighted by molar-refractivity contribution is 7.99. The van der Waals surface area contributed by atoms with Crippen LogP contribution in [0.25, 0.3) is 0 Å².